The Kier molecular flexibility index (Phi) is 8.88. The van der Waals surface area contributed by atoms with Crippen molar-refractivity contribution in [2.45, 2.75) is 32.7 Å². The highest BCUT2D eigenvalue weighted by Gasteiger charge is 2.20. The molecule has 1 aromatic rings. The zero-order chi connectivity index (χ0) is 16.8. The van der Waals surface area contributed by atoms with E-state index in [9.17, 15) is 0 Å². The Hall–Kier alpha value is -0.450. The summed E-state index contributed by atoms with van der Waals surface area (Å²) in [4.78, 5) is 14.0. The smallest absolute Gasteiger partial charge is 0.191 e. The zero-order valence-electron chi connectivity index (χ0n) is 15.0. The summed E-state index contributed by atoms with van der Waals surface area (Å²) >= 11 is 1.78. The molecule has 2 aliphatic heterocycles. The first kappa shape index (κ1) is 20.9. The molecule has 0 spiro atoms. The summed E-state index contributed by atoms with van der Waals surface area (Å²) in [5.74, 6) is 1.35. The van der Waals surface area contributed by atoms with Crippen LogP contribution in [0.1, 0.15) is 30.5 Å². The van der Waals surface area contributed by atoms with Gasteiger partial charge in [0.15, 0.2) is 5.96 Å². The van der Waals surface area contributed by atoms with Gasteiger partial charge in [0, 0.05) is 31.6 Å². The van der Waals surface area contributed by atoms with Gasteiger partial charge in [0.05, 0.1) is 23.9 Å². The van der Waals surface area contributed by atoms with Crippen LogP contribution in [0, 0.1) is 5.92 Å². The second-order valence-corrected chi connectivity index (χ2v) is 7.55. The average Bonchev–Trinajstić information content (AvgIpc) is 3.09. The minimum absolute atomic E-state index is 0. The minimum atomic E-state index is 0. The number of ether oxygens (including phenoxy) is 1. The Balaban J connectivity index is 0.00000225. The number of nitrogens with zero attached hydrogens (tertiary/aromatic N) is 4. The Morgan fingerprint density at radius 1 is 1.32 bits per heavy atom. The van der Waals surface area contributed by atoms with Gasteiger partial charge in [-0.25, -0.2) is 4.98 Å². The van der Waals surface area contributed by atoms with Crippen LogP contribution in [0.3, 0.4) is 0 Å². The van der Waals surface area contributed by atoms with E-state index in [2.05, 4.69) is 32.1 Å². The number of nitrogens with two attached hydrogens (primary N) is 1. The minimum Gasteiger partial charge on any atom is -0.378 e. The monoisotopic (exact) mass is 479 g/mol. The highest BCUT2D eigenvalue weighted by molar-refractivity contribution is 14.0. The molecule has 0 bridgehead atoms. The van der Waals surface area contributed by atoms with Crippen molar-refractivity contribution in [1.82, 2.24) is 14.8 Å². The van der Waals surface area contributed by atoms with Gasteiger partial charge in [0.25, 0.3) is 0 Å². The van der Waals surface area contributed by atoms with E-state index in [0.717, 1.165) is 58.9 Å². The number of morpholine rings is 1. The number of thiazole rings is 1. The molecule has 3 rings (SSSR count). The highest BCUT2D eigenvalue weighted by atomic mass is 127. The standard InChI is InChI=1S/C17H29N5OS.HI/c1-2-16-20-15(13-24-16)12-21-5-3-14(4-6-21)11-19-17(18)22-7-9-23-10-8-22;/h13-14H,2-12H2,1H3,(H2,18,19);1H. The largest absolute Gasteiger partial charge is 0.378 e. The fourth-order valence-corrected chi connectivity index (χ4v) is 3.99. The van der Waals surface area contributed by atoms with Crippen LogP contribution in [0.2, 0.25) is 0 Å². The summed E-state index contributed by atoms with van der Waals surface area (Å²) in [6, 6.07) is 0. The van der Waals surface area contributed by atoms with E-state index in [0.29, 0.717) is 11.9 Å². The number of aliphatic imine (C=N–C) groups is 1. The van der Waals surface area contributed by atoms with Gasteiger partial charge in [-0.1, -0.05) is 6.92 Å². The summed E-state index contributed by atoms with van der Waals surface area (Å²) in [5.41, 5.74) is 7.34. The number of hydrogen-bond donors (Lipinski definition) is 1. The fourth-order valence-electron chi connectivity index (χ4n) is 3.26. The summed E-state index contributed by atoms with van der Waals surface area (Å²) in [5, 5.41) is 3.45. The lowest BCUT2D eigenvalue weighted by Crippen LogP contribution is -2.45. The van der Waals surface area contributed by atoms with Crippen LogP contribution in [-0.4, -0.2) is 66.7 Å². The Morgan fingerprint density at radius 2 is 2.04 bits per heavy atom. The Labute approximate surface area is 171 Å². The van der Waals surface area contributed by atoms with Crippen molar-refractivity contribution >= 4 is 41.3 Å². The summed E-state index contributed by atoms with van der Waals surface area (Å²) < 4.78 is 5.35. The van der Waals surface area contributed by atoms with E-state index in [1.54, 1.807) is 11.3 Å². The van der Waals surface area contributed by atoms with Crippen molar-refractivity contribution in [1.29, 1.82) is 0 Å². The van der Waals surface area contributed by atoms with Crippen LogP contribution >= 0.6 is 35.3 Å². The lowest BCUT2D eigenvalue weighted by atomic mass is 9.97. The second kappa shape index (κ2) is 10.6. The quantitative estimate of drug-likeness (QED) is 0.399. The molecule has 3 heterocycles. The van der Waals surface area contributed by atoms with Crippen molar-refractivity contribution in [3.05, 3.63) is 16.1 Å². The first-order valence-electron chi connectivity index (χ1n) is 9.03. The van der Waals surface area contributed by atoms with E-state index in [-0.39, 0.29) is 24.0 Å². The van der Waals surface area contributed by atoms with Gasteiger partial charge in [-0.15, -0.1) is 35.3 Å². The van der Waals surface area contributed by atoms with Crippen LogP contribution in [0.4, 0.5) is 0 Å². The van der Waals surface area contributed by atoms with Gasteiger partial charge in [0.1, 0.15) is 0 Å². The molecule has 2 aliphatic rings. The van der Waals surface area contributed by atoms with Gasteiger partial charge in [-0.2, -0.15) is 0 Å². The number of piperidine rings is 1. The van der Waals surface area contributed by atoms with Crippen LogP contribution in [0.5, 0.6) is 0 Å². The molecule has 2 saturated heterocycles. The van der Waals surface area contributed by atoms with Crippen LogP contribution in [0.25, 0.3) is 0 Å². The van der Waals surface area contributed by atoms with E-state index in [4.69, 9.17) is 10.5 Å². The van der Waals surface area contributed by atoms with Crippen molar-refractivity contribution in [2.24, 2.45) is 16.6 Å². The SMILES string of the molecule is CCc1nc(CN2CCC(CN=C(N)N3CCOCC3)CC2)cs1.I. The predicted molar refractivity (Wildman–Crippen MR) is 114 cm³/mol. The molecule has 2 fully saturated rings. The summed E-state index contributed by atoms with van der Waals surface area (Å²) in [6.45, 7) is 9.51. The van der Waals surface area contributed by atoms with Crippen molar-refractivity contribution < 1.29 is 4.74 Å². The fraction of sp³-hybridized carbons (Fsp3) is 0.765. The van der Waals surface area contributed by atoms with Crippen LogP contribution in [0.15, 0.2) is 10.4 Å². The molecular weight excluding hydrogens is 449 g/mol. The third-order valence-electron chi connectivity index (χ3n) is 4.84. The maximum atomic E-state index is 6.11. The lowest BCUT2D eigenvalue weighted by molar-refractivity contribution is 0.0673. The molecule has 0 unspecified atom stereocenters. The van der Waals surface area contributed by atoms with Crippen LogP contribution < -0.4 is 5.73 Å². The molecule has 0 saturated carbocycles. The lowest BCUT2D eigenvalue weighted by Gasteiger charge is -2.31. The summed E-state index contributed by atoms with van der Waals surface area (Å²) in [7, 11) is 0. The highest BCUT2D eigenvalue weighted by Crippen LogP contribution is 2.20. The number of aromatic nitrogens is 1. The second-order valence-electron chi connectivity index (χ2n) is 6.60. The maximum Gasteiger partial charge on any atom is 0.191 e. The normalized spacial score (nSPS) is 20.5. The predicted octanol–water partition coefficient (Wildman–Crippen LogP) is 2.18. The van der Waals surface area contributed by atoms with Crippen molar-refractivity contribution in [3.63, 3.8) is 0 Å². The molecule has 8 heteroatoms. The van der Waals surface area contributed by atoms with E-state index >= 15 is 0 Å². The molecule has 0 aromatic carbocycles. The van der Waals surface area contributed by atoms with Gasteiger partial charge in [-0.05, 0) is 38.3 Å². The third kappa shape index (κ3) is 6.33. The molecule has 25 heavy (non-hydrogen) atoms. The van der Waals surface area contributed by atoms with Crippen LogP contribution in [-0.2, 0) is 17.7 Å². The molecule has 2 N–H and O–H groups in total. The molecular formula is C17H30IN5OS. The molecule has 142 valence electrons. The number of aryl methyl sites for hydroxylation is 1. The molecule has 0 aliphatic carbocycles. The van der Waals surface area contributed by atoms with Gasteiger partial charge < -0.3 is 15.4 Å². The Bertz CT molecular complexity index is 539. The van der Waals surface area contributed by atoms with Gasteiger partial charge >= 0.3 is 0 Å². The van der Waals surface area contributed by atoms with Crippen molar-refractivity contribution in [2.75, 3.05) is 45.9 Å². The topological polar surface area (TPSA) is 67.0 Å². The van der Waals surface area contributed by atoms with E-state index in [1.165, 1.54) is 23.5 Å². The van der Waals surface area contributed by atoms with E-state index in [1.807, 2.05) is 0 Å². The van der Waals surface area contributed by atoms with Crippen molar-refractivity contribution in [3.8, 4) is 0 Å². The van der Waals surface area contributed by atoms with Gasteiger partial charge in [0.2, 0.25) is 0 Å². The first-order valence-corrected chi connectivity index (χ1v) is 9.90. The van der Waals surface area contributed by atoms with E-state index < -0.39 is 0 Å². The Morgan fingerprint density at radius 3 is 2.68 bits per heavy atom. The summed E-state index contributed by atoms with van der Waals surface area (Å²) in [6.07, 6.45) is 3.44. The third-order valence-corrected chi connectivity index (χ3v) is 5.88. The maximum absolute atomic E-state index is 6.11. The molecule has 0 radical (unpaired) electrons. The zero-order valence-corrected chi connectivity index (χ0v) is 18.2. The molecule has 0 atom stereocenters. The number of hydrogen-bond acceptors (Lipinski definition) is 5. The molecule has 0 amide bonds. The average molecular weight is 479 g/mol. The van der Waals surface area contributed by atoms with Gasteiger partial charge in [-0.3, -0.25) is 9.89 Å². The number of likely N-dealkylation sites (tertiary alicyclic amines) is 1. The first-order chi connectivity index (χ1) is 11.7. The molecule has 1 aromatic heterocycles. The molecule has 6 nitrogen and oxygen atoms in total. The number of halogens is 1. The number of guanidine groups is 1. The number of rotatable bonds is 5.